The Hall–Kier alpha value is -1.10. The van der Waals surface area contributed by atoms with Gasteiger partial charge in [0.15, 0.2) is 11.8 Å². The van der Waals surface area contributed by atoms with Crippen LogP contribution < -0.4 is 5.32 Å². The number of aryl methyl sites for hydroxylation is 1. The van der Waals surface area contributed by atoms with Crippen LogP contribution >= 0.6 is 39.9 Å². The monoisotopic (exact) mass is 524 g/mol. The maximum absolute atomic E-state index is 5.25. The second-order valence-corrected chi connectivity index (χ2v) is 6.96. The van der Waals surface area contributed by atoms with E-state index in [2.05, 4.69) is 51.9 Å². The molecule has 2 rings (SSSR count). The van der Waals surface area contributed by atoms with Crippen molar-refractivity contribution in [2.45, 2.75) is 32.7 Å². The first-order valence-electron chi connectivity index (χ1n) is 7.95. The van der Waals surface area contributed by atoms with Crippen molar-refractivity contribution in [3.8, 4) is 0 Å². The Kier molecular flexibility index (Phi) is 8.91. The van der Waals surface area contributed by atoms with Crippen LogP contribution in [-0.4, -0.2) is 46.2 Å². The van der Waals surface area contributed by atoms with Crippen molar-refractivity contribution >= 4 is 45.9 Å². The third-order valence-corrected chi connectivity index (χ3v) is 4.10. The SMILES string of the molecule is CN=C(NCCc1nc(C(C)C)no1)N(C)Cc1cc(Br)cn1C.I. The van der Waals surface area contributed by atoms with E-state index >= 15 is 0 Å². The molecule has 2 aromatic rings. The van der Waals surface area contributed by atoms with Crippen molar-refractivity contribution in [1.29, 1.82) is 0 Å². The highest BCUT2D eigenvalue weighted by molar-refractivity contribution is 14.0. The van der Waals surface area contributed by atoms with Gasteiger partial charge in [-0.3, -0.25) is 4.99 Å². The molecule has 0 aliphatic rings. The van der Waals surface area contributed by atoms with E-state index in [1.807, 2.05) is 34.1 Å². The fourth-order valence-corrected chi connectivity index (χ4v) is 2.88. The second-order valence-electron chi connectivity index (χ2n) is 6.04. The summed E-state index contributed by atoms with van der Waals surface area (Å²) in [5.41, 5.74) is 1.20. The minimum absolute atomic E-state index is 0. The molecule has 0 spiro atoms. The van der Waals surface area contributed by atoms with Gasteiger partial charge in [0.25, 0.3) is 0 Å². The smallest absolute Gasteiger partial charge is 0.228 e. The number of guanidine groups is 1. The summed E-state index contributed by atoms with van der Waals surface area (Å²) in [4.78, 5) is 10.8. The fourth-order valence-electron chi connectivity index (χ4n) is 2.31. The van der Waals surface area contributed by atoms with E-state index in [9.17, 15) is 0 Å². The Morgan fingerprint density at radius 2 is 2.20 bits per heavy atom. The maximum Gasteiger partial charge on any atom is 0.228 e. The van der Waals surface area contributed by atoms with Crippen LogP contribution in [0.5, 0.6) is 0 Å². The molecule has 2 heterocycles. The standard InChI is InChI=1S/C16H25BrN6O.HI/c1-11(2)15-20-14(24-21-15)6-7-19-16(18-3)23(5)10-13-8-12(17)9-22(13)4;/h8-9,11H,6-7,10H2,1-5H3,(H,18,19);1H. The Labute approximate surface area is 174 Å². The molecule has 0 unspecified atom stereocenters. The van der Waals surface area contributed by atoms with E-state index in [4.69, 9.17) is 4.52 Å². The summed E-state index contributed by atoms with van der Waals surface area (Å²) < 4.78 is 8.43. The predicted molar refractivity (Wildman–Crippen MR) is 113 cm³/mol. The Morgan fingerprint density at radius 3 is 2.72 bits per heavy atom. The predicted octanol–water partition coefficient (Wildman–Crippen LogP) is 3.16. The summed E-state index contributed by atoms with van der Waals surface area (Å²) in [6, 6.07) is 2.11. The Bertz CT molecular complexity index is 697. The fraction of sp³-hybridized carbons (Fsp3) is 0.562. The van der Waals surface area contributed by atoms with Gasteiger partial charge in [-0.1, -0.05) is 19.0 Å². The molecule has 0 aliphatic heterocycles. The molecule has 7 nitrogen and oxygen atoms in total. The lowest BCUT2D eigenvalue weighted by Gasteiger charge is -2.22. The van der Waals surface area contributed by atoms with Crippen LogP contribution in [0, 0.1) is 0 Å². The van der Waals surface area contributed by atoms with Gasteiger partial charge in [-0.25, -0.2) is 0 Å². The molecule has 2 aromatic heterocycles. The Morgan fingerprint density at radius 1 is 1.48 bits per heavy atom. The summed E-state index contributed by atoms with van der Waals surface area (Å²) in [7, 11) is 5.83. The maximum atomic E-state index is 5.25. The highest BCUT2D eigenvalue weighted by Gasteiger charge is 2.12. The van der Waals surface area contributed by atoms with Crippen LogP contribution in [0.4, 0.5) is 0 Å². The minimum Gasteiger partial charge on any atom is -0.356 e. The first kappa shape index (κ1) is 21.9. The van der Waals surface area contributed by atoms with Gasteiger partial charge in [0.1, 0.15) is 0 Å². The molecule has 0 fully saturated rings. The molecule has 25 heavy (non-hydrogen) atoms. The number of nitrogens with zero attached hydrogens (tertiary/aromatic N) is 5. The third kappa shape index (κ3) is 6.28. The van der Waals surface area contributed by atoms with Gasteiger partial charge in [-0.15, -0.1) is 24.0 Å². The zero-order valence-electron chi connectivity index (χ0n) is 15.3. The van der Waals surface area contributed by atoms with Gasteiger partial charge in [0.2, 0.25) is 5.89 Å². The molecule has 0 aromatic carbocycles. The lowest BCUT2D eigenvalue weighted by molar-refractivity contribution is 0.370. The molecule has 0 amide bonds. The molecule has 0 saturated carbocycles. The summed E-state index contributed by atoms with van der Waals surface area (Å²) in [5.74, 6) is 2.51. The van der Waals surface area contributed by atoms with E-state index in [0.717, 1.165) is 22.8 Å². The van der Waals surface area contributed by atoms with Crippen LogP contribution in [0.1, 0.15) is 37.2 Å². The van der Waals surface area contributed by atoms with Crippen LogP contribution in [0.3, 0.4) is 0 Å². The van der Waals surface area contributed by atoms with Gasteiger partial charge in [-0.05, 0) is 22.0 Å². The quantitative estimate of drug-likeness (QED) is 0.357. The number of hydrogen-bond donors (Lipinski definition) is 1. The molecule has 9 heteroatoms. The van der Waals surface area contributed by atoms with Gasteiger partial charge in [0.05, 0.1) is 6.54 Å². The molecule has 0 atom stereocenters. The average Bonchev–Trinajstić information content (AvgIpc) is 3.10. The zero-order chi connectivity index (χ0) is 17.7. The van der Waals surface area contributed by atoms with E-state index in [-0.39, 0.29) is 29.9 Å². The molecule has 140 valence electrons. The van der Waals surface area contributed by atoms with Crippen molar-refractivity contribution in [2.24, 2.45) is 12.0 Å². The zero-order valence-corrected chi connectivity index (χ0v) is 19.2. The number of hydrogen-bond acceptors (Lipinski definition) is 4. The lowest BCUT2D eigenvalue weighted by atomic mass is 10.2. The first-order valence-corrected chi connectivity index (χ1v) is 8.75. The van der Waals surface area contributed by atoms with Crippen LogP contribution in [-0.2, 0) is 20.0 Å². The molecular formula is C16H26BrIN6O. The molecule has 0 aliphatic carbocycles. The first-order chi connectivity index (χ1) is 11.4. The van der Waals surface area contributed by atoms with E-state index in [1.165, 1.54) is 5.69 Å². The number of aliphatic imine (C=N–C) groups is 1. The van der Waals surface area contributed by atoms with Crippen LogP contribution in [0.2, 0.25) is 0 Å². The number of aromatic nitrogens is 3. The lowest BCUT2D eigenvalue weighted by Crippen LogP contribution is -2.39. The summed E-state index contributed by atoms with van der Waals surface area (Å²) in [5, 5.41) is 7.30. The van der Waals surface area contributed by atoms with Crippen molar-refractivity contribution in [2.75, 3.05) is 20.6 Å². The largest absolute Gasteiger partial charge is 0.356 e. The Balaban J connectivity index is 0.00000312. The summed E-state index contributed by atoms with van der Waals surface area (Å²) >= 11 is 3.50. The van der Waals surface area contributed by atoms with Crippen molar-refractivity contribution in [1.82, 2.24) is 24.9 Å². The molecular weight excluding hydrogens is 499 g/mol. The van der Waals surface area contributed by atoms with E-state index < -0.39 is 0 Å². The summed E-state index contributed by atoms with van der Waals surface area (Å²) in [6.07, 6.45) is 2.71. The van der Waals surface area contributed by atoms with Gasteiger partial charge >= 0.3 is 0 Å². The normalized spacial score (nSPS) is 11.6. The van der Waals surface area contributed by atoms with Crippen molar-refractivity contribution < 1.29 is 4.52 Å². The summed E-state index contributed by atoms with van der Waals surface area (Å²) in [6.45, 7) is 5.55. The third-order valence-electron chi connectivity index (χ3n) is 3.67. The number of nitrogens with one attached hydrogen (secondary N) is 1. The second kappa shape index (κ2) is 10.1. The van der Waals surface area contributed by atoms with Crippen molar-refractivity contribution in [3.05, 3.63) is 34.1 Å². The molecule has 0 radical (unpaired) electrons. The van der Waals surface area contributed by atoms with E-state index in [0.29, 0.717) is 18.9 Å². The minimum atomic E-state index is 0. The highest BCUT2D eigenvalue weighted by atomic mass is 127. The molecule has 0 saturated heterocycles. The molecule has 1 N–H and O–H groups in total. The number of halogens is 2. The average molecular weight is 525 g/mol. The topological polar surface area (TPSA) is 71.5 Å². The molecule has 0 bridgehead atoms. The van der Waals surface area contributed by atoms with E-state index in [1.54, 1.807) is 7.05 Å². The van der Waals surface area contributed by atoms with Crippen LogP contribution in [0.25, 0.3) is 0 Å². The van der Waals surface area contributed by atoms with Gasteiger partial charge in [-0.2, -0.15) is 4.98 Å². The van der Waals surface area contributed by atoms with Crippen molar-refractivity contribution in [3.63, 3.8) is 0 Å². The highest BCUT2D eigenvalue weighted by Crippen LogP contribution is 2.15. The van der Waals surface area contributed by atoms with Gasteiger partial charge < -0.3 is 19.3 Å². The van der Waals surface area contributed by atoms with Crippen LogP contribution in [0.15, 0.2) is 26.3 Å². The van der Waals surface area contributed by atoms with Gasteiger partial charge in [0, 0.05) is 56.4 Å². The number of rotatable bonds is 6.